The lowest BCUT2D eigenvalue weighted by Crippen LogP contribution is -2.10. The molecule has 0 aromatic rings. The van der Waals surface area contributed by atoms with Gasteiger partial charge in [0.05, 0.1) is 13.2 Å². The van der Waals surface area contributed by atoms with Gasteiger partial charge >= 0.3 is 5.97 Å². The van der Waals surface area contributed by atoms with Gasteiger partial charge in [0.25, 0.3) is 0 Å². The van der Waals surface area contributed by atoms with Crippen molar-refractivity contribution in [3.05, 3.63) is 0 Å². The molecule has 0 aromatic heterocycles. The van der Waals surface area contributed by atoms with E-state index in [9.17, 15) is 4.79 Å². The van der Waals surface area contributed by atoms with Crippen LogP contribution in [-0.4, -0.2) is 31.1 Å². The summed E-state index contributed by atoms with van der Waals surface area (Å²) in [6.07, 6.45) is 1.33. The van der Waals surface area contributed by atoms with Crippen molar-refractivity contribution < 1.29 is 14.3 Å². The van der Waals surface area contributed by atoms with Crippen LogP contribution >= 0.6 is 15.9 Å². The number of hydrogen-bond donors (Lipinski definition) is 0. The van der Waals surface area contributed by atoms with E-state index in [1.165, 1.54) is 0 Å². The molecule has 0 spiro atoms. The predicted octanol–water partition coefficient (Wildman–Crippen LogP) is 1.74. The molecule has 4 heteroatoms. The van der Waals surface area contributed by atoms with Crippen LogP contribution in [0.15, 0.2) is 0 Å². The zero-order valence-corrected chi connectivity index (χ0v) is 8.93. The Morgan fingerprint density at radius 3 is 2.67 bits per heavy atom. The summed E-state index contributed by atoms with van der Waals surface area (Å²) in [5.41, 5.74) is 0. The van der Waals surface area contributed by atoms with Gasteiger partial charge in [0.1, 0.15) is 6.61 Å². The topological polar surface area (TPSA) is 35.5 Å². The highest BCUT2D eigenvalue weighted by Crippen LogP contribution is 1.91. The van der Waals surface area contributed by atoms with Crippen LogP contribution in [0.2, 0.25) is 0 Å². The molecule has 0 bridgehead atoms. The van der Waals surface area contributed by atoms with Gasteiger partial charge in [-0.3, -0.25) is 4.79 Å². The molecule has 0 N–H and O–H groups in total. The Hall–Kier alpha value is -0.0900. The van der Waals surface area contributed by atoms with Crippen LogP contribution in [0, 0.1) is 0 Å². The number of halogens is 1. The van der Waals surface area contributed by atoms with Gasteiger partial charge in [-0.25, -0.2) is 0 Å². The third kappa shape index (κ3) is 8.01. The lowest BCUT2D eigenvalue weighted by molar-refractivity contribution is -0.145. The first kappa shape index (κ1) is 11.9. The molecule has 0 aliphatic carbocycles. The zero-order chi connectivity index (χ0) is 9.23. The Bertz CT molecular complexity index is 117. The van der Waals surface area contributed by atoms with Crippen LogP contribution < -0.4 is 0 Å². The highest BCUT2D eigenvalue weighted by molar-refractivity contribution is 9.09. The fraction of sp³-hybridized carbons (Fsp3) is 0.875. The molecule has 0 unspecified atom stereocenters. The maximum atomic E-state index is 10.8. The molecular weight excluding hydrogens is 224 g/mol. The van der Waals surface area contributed by atoms with E-state index in [0.29, 0.717) is 26.2 Å². The molecule has 0 heterocycles. The number of carbonyl (C=O) groups is 1. The Morgan fingerprint density at radius 2 is 2.08 bits per heavy atom. The predicted molar refractivity (Wildman–Crippen MR) is 50.5 cm³/mol. The second-order valence-corrected chi connectivity index (χ2v) is 3.06. The van der Waals surface area contributed by atoms with E-state index < -0.39 is 0 Å². The van der Waals surface area contributed by atoms with Gasteiger partial charge in [-0.2, -0.15) is 0 Å². The van der Waals surface area contributed by atoms with E-state index in [1.54, 1.807) is 0 Å². The number of alkyl halides is 1. The van der Waals surface area contributed by atoms with E-state index in [1.807, 2.05) is 6.92 Å². The van der Waals surface area contributed by atoms with Crippen molar-refractivity contribution in [2.24, 2.45) is 0 Å². The molecule has 72 valence electrons. The first-order valence-corrected chi connectivity index (χ1v) is 5.22. The lowest BCUT2D eigenvalue weighted by atomic mass is 10.3. The van der Waals surface area contributed by atoms with Gasteiger partial charge in [-0.05, 0) is 6.42 Å². The molecule has 0 amide bonds. The summed E-state index contributed by atoms with van der Waals surface area (Å²) in [5.74, 6) is -0.139. The SMILES string of the molecule is CCCC(=O)OCCOCCBr. The van der Waals surface area contributed by atoms with Crippen LogP contribution in [-0.2, 0) is 14.3 Å². The van der Waals surface area contributed by atoms with Crippen molar-refractivity contribution in [1.29, 1.82) is 0 Å². The van der Waals surface area contributed by atoms with Gasteiger partial charge < -0.3 is 9.47 Å². The summed E-state index contributed by atoms with van der Waals surface area (Å²) in [7, 11) is 0. The summed E-state index contributed by atoms with van der Waals surface area (Å²) in [5, 5.41) is 0.815. The normalized spacial score (nSPS) is 9.83. The average molecular weight is 239 g/mol. The summed E-state index contributed by atoms with van der Waals surface area (Å²) in [6.45, 7) is 3.46. The highest BCUT2D eigenvalue weighted by atomic mass is 79.9. The molecule has 0 saturated heterocycles. The summed E-state index contributed by atoms with van der Waals surface area (Å²) in [4.78, 5) is 10.8. The third-order valence-corrected chi connectivity index (χ3v) is 1.49. The monoisotopic (exact) mass is 238 g/mol. The van der Waals surface area contributed by atoms with E-state index in [4.69, 9.17) is 9.47 Å². The molecule has 0 aliphatic heterocycles. The smallest absolute Gasteiger partial charge is 0.305 e. The fourth-order valence-corrected chi connectivity index (χ4v) is 0.876. The summed E-state index contributed by atoms with van der Waals surface area (Å²) < 4.78 is 9.94. The molecule has 0 rings (SSSR count). The minimum atomic E-state index is -0.139. The van der Waals surface area contributed by atoms with Gasteiger partial charge in [0.15, 0.2) is 0 Å². The van der Waals surface area contributed by atoms with E-state index in [2.05, 4.69) is 15.9 Å². The molecule has 3 nitrogen and oxygen atoms in total. The Labute approximate surface area is 81.6 Å². The quantitative estimate of drug-likeness (QED) is 0.385. The van der Waals surface area contributed by atoms with Gasteiger partial charge in [-0.15, -0.1) is 0 Å². The van der Waals surface area contributed by atoms with E-state index >= 15 is 0 Å². The highest BCUT2D eigenvalue weighted by Gasteiger charge is 1.98. The average Bonchev–Trinajstić information content (AvgIpc) is 2.05. The first-order valence-electron chi connectivity index (χ1n) is 4.10. The number of hydrogen-bond acceptors (Lipinski definition) is 3. The van der Waals surface area contributed by atoms with Gasteiger partial charge in [0, 0.05) is 11.8 Å². The van der Waals surface area contributed by atoms with Crippen molar-refractivity contribution in [1.82, 2.24) is 0 Å². The maximum absolute atomic E-state index is 10.8. The van der Waals surface area contributed by atoms with Crippen LogP contribution in [0.5, 0.6) is 0 Å². The summed E-state index contributed by atoms with van der Waals surface area (Å²) in [6, 6.07) is 0. The van der Waals surface area contributed by atoms with Crippen LogP contribution in [0.4, 0.5) is 0 Å². The number of rotatable bonds is 7. The Morgan fingerprint density at radius 1 is 1.33 bits per heavy atom. The number of carbonyl (C=O) groups excluding carboxylic acids is 1. The first-order chi connectivity index (χ1) is 5.81. The van der Waals surface area contributed by atoms with Crippen molar-refractivity contribution >= 4 is 21.9 Å². The minimum absolute atomic E-state index is 0.139. The molecule has 0 aliphatic rings. The van der Waals surface area contributed by atoms with E-state index in [-0.39, 0.29) is 5.97 Å². The van der Waals surface area contributed by atoms with E-state index in [0.717, 1.165) is 11.8 Å². The minimum Gasteiger partial charge on any atom is -0.463 e. The molecule has 0 radical (unpaired) electrons. The largest absolute Gasteiger partial charge is 0.463 e. The van der Waals surface area contributed by atoms with Crippen LogP contribution in [0.1, 0.15) is 19.8 Å². The molecule has 0 saturated carbocycles. The standard InChI is InChI=1S/C8H15BrO3/c1-2-3-8(10)12-7-6-11-5-4-9/h2-7H2,1H3. The number of ether oxygens (including phenoxy) is 2. The zero-order valence-electron chi connectivity index (χ0n) is 7.35. The van der Waals surface area contributed by atoms with Gasteiger partial charge in [-0.1, -0.05) is 22.9 Å². The van der Waals surface area contributed by atoms with Crippen molar-refractivity contribution in [2.45, 2.75) is 19.8 Å². The maximum Gasteiger partial charge on any atom is 0.305 e. The Kier molecular flexibility index (Phi) is 8.93. The van der Waals surface area contributed by atoms with Crippen molar-refractivity contribution in [2.75, 3.05) is 25.2 Å². The fourth-order valence-electron chi connectivity index (χ4n) is 0.647. The summed E-state index contributed by atoms with van der Waals surface area (Å²) >= 11 is 3.22. The van der Waals surface area contributed by atoms with Crippen LogP contribution in [0.3, 0.4) is 0 Å². The molecule has 0 atom stereocenters. The van der Waals surface area contributed by atoms with Crippen molar-refractivity contribution in [3.8, 4) is 0 Å². The second-order valence-electron chi connectivity index (χ2n) is 2.27. The van der Waals surface area contributed by atoms with Crippen molar-refractivity contribution in [3.63, 3.8) is 0 Å². The molecular formula is C8H15BrO3. The third-order valence-electron chi connectivity index (χ3n) is 1.17. The van der Waals surface area contributed by atoms with Crippen LogP contribution in [0.25, 0.3) is 0 Å². The lowest BCUT2D eigenvalue weighted by Gasteiger charge is -2.03. The molecule has 12 heavy (non-hydrogen) atoms. The molecule has 0 aromatic carbocycles. The number of esters is 1. The molecule has 0 fully saturated rings. The Balaban J connectivity index is 3.03. The van der Waals surface area contributed by atoms with Gasteiger partial charge in [0.2, 0.25) is 0 Å². The second kappa shape index (κ2) is 9.00.